The molecule has 2 aromatic carbocycles. The van der Waals surface area contributed by atoms with Crippen molar-refractivity contribution in [1.29, 1.82) is 0 Å². The Labute approximate surface area is 159 Å². The third-order valence-corrected chi connectivity index (χ3v) is 4.94. The van der Waals surface area contributed by atoms with Crippen molar-refractivity contribution in [2.75, 3.05) is 0 Å². The maximum atomic E-state index is 12.8. The zero-order chi connectivity index (χ0) is 18.9. The second-order valence-corrected chi connectivity index (χ2v) is 6.87. The summed E-state index contributed by atoms with van der Waals surface area (Å²) >= 11 is 12.8. The van der Waals surface area contributed by atoms with Crippen LogP contribution in [0.1, 0.15) is 11.1 Å². The van der Waals surface area contributed by atoms with Crippen molar-refractivity contribution < 1.29 is 13.2 Å². The first-order valence-corrected chi connectivity index (χ1v) is 8.75. The predicted octanol–water partition coefficient (Wildman–Crippen LogP) is 4.84. The Morgan fingerprint density at radius 3 is 2.58 bits per heavy atom. The van der Waals surface area contributed by atoms with E-state index in [-0.39, 0.29) is 6.54 Å². The Bertz CT molecular complexity index is 1070. The SMILES string of the molecule is O=c1[nH]s/c(=N\c2ccc(Cl)c(Cl)c2)n1Cc1cccc(C(F)(F)F)c1. The highest BCUT2D eigenvalue weighted by molar-refractivity contribution is 7.02. The summed E-state index contributed by atoms with van der Waals surface area (Å²) < 4.78 is 42.3. The highest BCUT2D eigenvalue weighted by Crippen LogP contribution is 2.29. The van der Waals surface area contributed by atoms with Crippen LogP contribution in [-0.2, 0) is 12.7 Å². The first-order valence-electron chi connectivity index (χ1n) is 7.18. The normalized spacial score (nSPS) is 12.6. The van der Waals surface area contributed by atoms with E-state index < -0.39 is 17.4 Å². The number of aromatic nitrogens is 2. The van der Waals surface area contributed by atoms with Crippen LogP contribution in [0.2, 0.25) is 10.0 Å². The number of nitrogens with zero attached hydrogens (tertiary/aromatic N) is 2. The minimum atomic E-state index is -4.45. The topological polar surface area (TPSA) is 50.1 Å². The largest absolute Gasteiger partial charge is 0.416 e. The molecule has 26 heavy (non-hydrogen) atoms. The zero-order valence-corrected chi connectivity index (χ0v) is 15.2. The second-order valence-electron chi connectivity index (χ2n) is 5.29. The van der Waals surface area contributed by atoms with Crippen LogP contribution in [0.4, 0.5) is 18.9 Å². The lowest BCUT2D eigenvalue weighted by Crippen LogP contribution is -2.27. The molecule has 0 radical (unpaired) electrons. The summed E-state index contributed by atoms with van der Waals surface area (Å²) in [5.41, 5.74) is -0.441. The van der Waals surface area contributed by atoms with Crippen LogP contribution in [0.15, 0.2) is 52.3 Å². The Kier molecular flexibility index (Phi) is 5.27. The van der Waals surface area contributed by atoms with Gasteiger partial charge in [0.05, 0.1) is 27.8 Å². The van der Waals surface area contributed by atoms with Gasteiger partial charge in [-0.25, -0.2) is 9.79 Å². The van der Waals surface area contributed by atoms with Crippen molar-refractivity contribution in [1.82, 2.24) is 8.94 Å². The summed E-state index contributed by atoms with van der Waals surface area (Å²) in [4.78, 5) is 16.6. The van der Waals surface area contributed by atoms with Crippen molar-refractivity contribution >= 4 is 40.4 Å². The summed E-state index contributed by atoms with van der Waals surface area (Å²) in [6.45, 7) is -0.0527. The highest BCUT2D eigenvalue weighted by atomic mass is 35.5. The van der Waals surface area contributed by atoms with Gasteiger partial charge < -0.3 is 0 Å². The molecule has 0 amide bonds. The van der Waals surface area contributed by atoms with Gasteiger partial charge in [0.15, 0.2) is 0 Å². The molecule has 0 bridgehead atoms. The highest BCUT2D eigenvalue weighted by Gasteiger charge is 2.30. The summed E-state index contributed by atoms with van der Waals surface area (Å²) in [5.74, 6) is 0. The number of rotatable bonds is 3. The van der Waals surface area contributed by atoms with Crippen molar-refractivity contribution in [2.45, 2.75) is 12.7 Å². The van der Waals surface area contributed by atoms with E-state index >= 15 is 0 Å². The molecule has 0 atom stereocenters. The van der Waals surface area contributed by atoms with Gasteiger partial charge in [0, 0.05) is 0 Å². The molecule has 0 unspecified atom stereocenters. The lowest BCUT2D eigenvalue weighted by molar-refractivity contribution is -0.137. The fourth-order valence-electron chi connectivity index (χ4n) is 2.20. The third-order valence-electron chi connectivity index (χ3n) is 3.43. The van der Waals surface area contributed by atoms with Crippen molar-refractivity contribution in [3.8, 4) is 0 Å². The molecule has 1 aromatic heterocycles. The maximum Gasteiger partial charge on any atom is 0.416 e. The minimum Gasteiger partial charge on any atom is -0.263 e. The number of alkyl halides is 3. The first-order chi connectivity index (χ1) is 12.2. The van der Waals surface area contributed by atoms with Crippen LogP contribution in [0, 0.1) is 0 Å². The third kappa shape index (κ3) is 4.20. The minimum absolute atomic E-state index is 0.0527. The molecular formula is C16H10Cl2F3N3OS. The summed E-state index contributed by atoms with van der Waals surface area (Å²) in [7, 11) is 0. The van der Waals surface area contributed by atoms with Crippen LogP contribution >= 0.6 is 34.7 Å². The molecule has 1 heterocycles. The smallest absolute Gasteiger partial charge is 0.263 e. The molecule has 1 N–H and O–H groups in total. The van der Waals surface area contributed by atoms with Gasteiger partial charge in [0.1, 0.15) is 0 Å². The van der Waals surface area contributed by atoms with E-state index in [4.69, 9.17) is 23.2 Å². The second kappa shape index (κ2) is 7.30. The molecular weight excluding hydrogens is 410 g/mol. The van der Waals surface area contributed by atoms with Crippen molar-refractivity contribution in [3.63, 3.8) is 0 Å². The molecule has 0 spiro atoms. The van der Waals surface area contributed by atoms with Gasteiger partial charge in [-0.1, -0.05) is 35.3 Å². The average Bonchev–Trinajstić information content (AvgIpc) is 2.91. The Balaban J connectivity index is 2.00. The van der Waals surface area contributed by atoms with E-state index in [1.807, 2.05) is 0 Å². The van der Waals surface area contributed by atoms with Crippen molar-refractivity contribution in [3.05, 3.63) is 78.9 Å². The molecule has 136 valence electrons. The molecule has 0 fully saturated rings. The van der Waals surface area contributed by atoms with E-state index in [1.165, 1.54) is 22.8 Å². The number of H-pyrrole nitrogens is 1. The molecule has 0 aliphatic carbocycles. The number of hydrogen-bond donors (Lipinski definition) is 1. The predicted molar refractivity (Wildman–Crippen MR) is 95.2 cm³/mol. The van der Waals surface area contributed by atoms with Gasteiger partial charge in [0.2, 0.25) is 4.80 Å². The Hall–Kier alpha value is -2.03. The summed E-state index contributed by atoms with van der Waals surface area (Å²) in [6, 6.07) is 9.52. The van der Waals surface area contributed by atoms with Crippen LogP contribution in [0.25, 0.3) is 0 Å². The van der Waals surface area contributed by atoms with Gasteiger partial charge in [0.25, 0.3) is 0 Å². The molecule has 10 heteroatoms. The van der Waals surface area contributed by atoms with E-state index in [0.717, 1.165) is 23.7 Å². The first kappa shape index (κ1) is 18.8. The monoisotopic (exact) mass is 419 g/mol. The van der Waals surface area contributed by atoms with Gasteiger partial charge in [-0.05, 0) is 47.4 Å². The van der Waals surface area contributed by atoms with Gasteiger partial charge in [-0.15, -0.1) is 0 Å². The van der Waals surface area contributed by atoms with Gasteiger partial charge in [-0.3, -0.25) is 8.94 Å². The van der Waals surface area contributed by atoms with Crippen LogP contribution in [0.3, 0.4) is 0 Å². The van der Waals surface area contributed by atoms with Gasteiger partial charge in [-0.2, -0.15) is 13.2 Å². The van der Waals surface area contributed by atoms with E-state index in [0.29, 0.717) is 26.1 Å². The van der Waals surface area contributed by atoms with Crippen LogP contribution in [-0.4, -0.2) is 8.94 Å². The zero-order valence-electron chi connectivity index (χ0n) is 12.8. The van der Waals surface area contributed by atoms with Crippen LogP contribution in [0.5, 0.6) is 0 Å². The summed E-state index contributed by atoms with van der Waals surface area (Å²) in [5, 5.41) is 0.671. The standard InChI is InChI=1S/C16H10Cl2F3N3OS/c17-12-5-4-11(7-13(12)18)22-15-24(14(25)23-26-15)8-9-2-1-3-10(6-9)16(19,20)21/h1-7H,8H2,(H,23,25)/b22-15-. The van der Waals surface area contributed by atoms with Crippen LogP contribution < -0.4 is 10.5 Å². The molecule has 0 saturated carbocycles. The molecule has 0 saturated heterocycles. The fraction of sp³-hybridized carbons (Fsp3) is 0.125. The number of halogens is 5. The van der Waals surface area contributed by atoms with E-state index in [2.05, 4.69) is 9.37 Å². The van der Waals surface area contributed by atoms with Crippen molar-refractivity contribution in [2.24, 2.45) is 4.99 Å². The average molecular weight is 420 g/mol. The number of benzene rings is 2. The quantitative estimate of drug-likeness (QED) is 0.648. The Morgan fingerprint density at radius 2 is 1.88 bits per heavy atom. The van der Waals surface area contributed by atoms with E-state index in [9.17, 15) is 18.0 Å². The number of aromatic amines is 1. The fourth-order valence-corrected chi connectivity index (χ4v) is 3.19. The summed E-state index contributed by atoms with van der Waals surface area (Å²) in [6.07, 6.45) is -4.45. The molecule has 3 rings (SSSR count). The van der Waals surface area contributed by atoms with Gasteiger partial charge >= 0.3 is 11.9 Å². The molecule has 0 aliphatic rings. The maximum absolute atomic E-state index is 12.8. The molecule has 0 aliphatic heterocycles. The Morgan fingerprint density at radius 1 is 1.12 bits per heavy atom. The molecule has 3 aromatic rings. The lowest BCUT2D eigenvalue weighted by atomic mass is 10.1. The number of hydrogen-bond acceptors (Lipinski definition) is 3. The number of nitrogens with one attached hydrogen (secondary N) is 1. The van der Waals surface area contributed by atoms with E-state index in [1.54, 1.807) is 12.1 Å². The lowest BCUT2D eigenvalue weighted by Gasteiger charge is -2.08. The molecule has 4 nitrogen and oxygen atoms in total.